The molecule has 0 aliphatic carbocycles. The first-order valence-electron chi connectivity index (χ1n) is 7.90. The number of rotatable bonds is 4. The average molecular weight is 431 g/mol. The van der Waals surface area contributed by atoms with E-state index in [4.69, 9.17) is 17.0 Å². The summed E-state index contributed by atoms with van der Waals surface area (Å²) in [6, 6.07) is 14.4. The van der Waals surface area contributed by atoms with Gasteiger partial charge in [-0.25, -0.2) is 0 Å². The Balaban J connectivity index is 2.05. The van der Waals surface area contributed by atoms with Crippen LogP contribution >= 0.6 is 28.1 Å². The fourth-order valence-electron chi connectivity index (χ4n) is 2.54. The van der Waals surface area contributed by atoms with Crippen molar-refractivity contribution in [3.8, 4) is 5.75 Å². The molecule has 2 aromatic carbocycles. The van der Waals surface area contributed by atoms with Crippen molar-refractivity contribution in [2.24, 2.45) is 0 Å². The fourth-order valence-corrected chi connectivity index (χ4v) is 3.20. The van der Waals surface area contributed by atoms with Gasteiger partial charge in [0.15, 0.2) is 5.11 Å². The van der Waals surface area contributed by atoms with Crippen LogP contribution in [0, 0.1) is 0 Å². The predicted molar refractivity (Wildman–Crippen MR) is 108 cm³/mol. The maximum Gasteiger partial charge on any atom is 0.270 e. The molecule has 26 heavy (non-hydrogen) atoms. The number of para-hydroxylation sites is 1. The van der Waals surface area contributed by atoms with Crippen molar-refractivity contribution in [1.29, 1.82) is 0 Å². The zero-order valence-electron chi connectivity index (χ0n) is 13.9. The molecule has 1 aliphatic rings. The van der Waals surface area contributed by atoms with Crippen molar-refractivity contribution in [2.45, 2.75) is 6.92 Å². The fraction of sp³-hybridized carbons (Fsp3) is 0.105. The molecule has 0 saturated carbocycles. The van der Waals surface area contributed by atoms with E-state index in [2.05, 4.69) is 21.2 Å². The Bertz CT molecular complexity index is 912. The lowest BCUT2D eigenvalue weighted by molar-refractivity contribution is -0.122. The molecule has 5 nitrogen and oxygen atoms in total. The lowest BCUT2D eigenvalue weighted by atomic mass is 10.1. The molecule has 1 heterocycles. The van der Waals surface area contributed by atoms with Gasteiger partial charge in [-0.15, -0.1) is 0 Å². The van der Waals surface area contributed by atoms with Gasteiger partial charge in [0.1, 0.15) is 11.3 Å². The Labute approximate surface area is 164 Å². The minimum atomic E-state index is -0.533. The van der Waals surface area contributed by atoms with Crippen LogP contribution in [0.15, 0.2) is 58.6 Å². The predicted octanol–water partition coefficient (Wildman–Crippen LogP) is 3.68. The Morgan fingerprint density at radius 2 is 1.92 bits per heavy atom. The van der Waals surface area contributed by atoms with Crippen molar-refractivity contribution in [2.75, 3.05) is 11.5 Å². The summed E-state index contributed by atoms with van der Waals surface area (Å²) in [5, 5.41) is 2.63. The van der Waals surface area contributed by atoms with Crippen molar-refractivity contribution < 1.29 is 14.3 Å². The maximum atomic E-state index is 13.0. The minimum Gasteiger partial charge on any atom is -0.493 e. The summed E-state index contributed by atoms with van der Waals surface area (Å²) in [7, 11) is 0. The zero-order chi connectivity index (χ0) is 18.7. The topological polar surface area (TPSA) is 58.6 Å². The van der Waals surface area contributed by atoms with Crippen LogP contribution in [-0.2, 0) is 9.59 Å². The summed E-state index contributed by atoms with van der Waals surface area (Å²) < 4.78 is 6.40. The summed E-state index contributed by atoms with van der Waals surface area (Å²) in [6.45, 7) is 2.34. The number of carbonyl (C=O) groups is 2. The second-order valence-corrected chi connectivity index (χ2v) is 6.71. The van der Waals surface area contributed by atoms with E-state index in [1.165, 1.54) is 11.0 Å². The SMILES string of the molecule is CCOc1ccc(Br)cc1/C=C1/C(=O)NC(=S)N(c2ccccc2)C1=O. The normalized spacial score (nSPS) is 16.0. The monoisotopic (exact) mass is 430 g/mol. The number of benzene rings is 2. The molecule has 2 aromatic rings. The molecule has 1 fully saturated rings. The number of carbonyl (C=O) groups excluding carboxylic acids is 2. The quantitative estimate of drug-likeness (QED) is 0.456. The van der Waals surface area contributed by atoms with Gasteiger partial charge in [-0.05, 0) is 55.5 Å². The molecule has 1 aliphatic heterocycles. The van der Waals surface area contributed by atoms with Gasteiger partial charge in [0.2, 0.25) is 0 Å². The van der Waals surface area contributed by atoms with E-state index in [1.807, 2.05) is 19.1 Å². The van der Waals surface area contributed by atoms with Crippen molar-refractivity contribution in [3.63, 3.8) is 0 Å². The molecule has 0 atom stereocenters. The van der Waals surface area contributed by atoms with Gasteiger partial charge in [0, 0.05) is 10.0 Å². The molecule has 7 heteroatoms. The van der Waals surface area contributed by atoms with Gasteiger partial charge in [0.25, 0.3) is 11.8 Å². The van der Waals surface area contributed by atoms with E-state index in [0.717, 1.165) is 4.47 Å². The van der Waals surface area contributed by atoms with E-state index in [9.17, 15) is 9.59 Å². The van der Waals surface area contributed by atoms with Crippen LogP contribution < -0.4 is 15.0 Å². The van der Waals surface area contributed by atoms with Crippen LogP contribution in [0.5, 0.6) is 5.75 Å². The van der Waals surface area contributed by atoms with Gasteiger partial charge >= 0.3 is 0 Å². The number of ether oxygens (including phenoxy) is 1. The van der Waals surface area contributed by atoms with E-state index < -0.39 is 11.8 Å². The number of hydrogen-bond donors (Lipinski definition) is 1. The van der Waals surface area contributed by atoms with E-state index >= 15 is 0 Å². The van der Waals surface area contributed by atoms with Crippen LogP contribution in [0.1, 0.15) is 12.5 Å². The first-order valence-corrected chi connectivity index (χ1v) is 9.10. The highest BCUT2D eigenvalue weighted by atomic mass is 79.9. The third-order valence-electron chi connectivity index (χ3n) is 3.69. The first kappa shape index (κ1) is 18.3. The molecule has 2 amide bonds. The van der Waals surface area contributed by atoms with E-state index in [-0.39, 0.29) is 10.7 Å². The third-order valence-corrected chi connectivity index (χ3v) is 4.47. The highest BCUT2D eigenvalue weighted by Crippen LogP contribution is 2.28. The van der Waals surface area contributed by atoms with Crippen molar-refractivity contribution in [1.82, 2.24) is 5.32 Å². The maximum absolute atomic E-state index is 13.0. The molecule has 0 bridgehead atoms. The van der Waals surface area contributed by atoms with Crippen molar-refractivity contribution in [3.05, 3.63) is 64.1 Å². The second-order valence-electron chi connectivity index (χ2n) is 5.41. The molecule has 3 rings (SSSR count). The van der Waals surface area contributed by atoms with Crippen LogP contribution in [0.25, 0.3) is 6.08 Å². The largest absolute Gasteiger partial charge is 0.493 e. The summed E-state index contributed by atoms with van der Waals surface area (Å²) in [5.41, 5.74) is 1.20. The Morgan fingerprint density at radius 3 is 2.62 bits per heavy atom. The number of halogens is 1. The molecule has 1 saturated heterocycles. The van der Waals surface area contributed by atoms with Crippen LogP contribution in [0.4, 0.5) is 5.69 Å². The number of thiocarbonyl (C=S) groups is 1. The summed E-state index contributed by atoms with van der Waals surface area (Å²) in [4.78, 5) is 26.7. The summed E-state index contributed by atoms with van der Waals surface area (Å²) in [6.07, 6.45) is 1.52. The summed E-state index contributed by atoms with van der Waals surface area (Å²) >= 11 is 8.58. The standard InChI is InChI=1S/C19H15BrN2O3S/c1-2-25-16-9-8-13(20)10-12(16)11-15-17(23)21-19(26)22(18(15)24)14-6-4-3-5-7-14/h3-11H,2H2,1H3,(H,21,23,26)/b15-11-. The Kier molecular flexibility index (Phi) is 5.49. The molecule has 0 spiro atoms. The number of amides is 2. The van der Waals surface area contributed by atoms with Gasteiger partial charge < -0.3 is 4.74 Å². The van der Waals surface area contributed by atoms with Crippen molar-refractivity contribution >= 4 is 56.8 Å². The van der Waals surface area contributed by atoms with E-state index in [1.54, 1.807) is 36.4 Å². The molecule has 0 unspecified atom stereocenters. The number of nitrogens with zero attached hydrogens (tertiary/aromatic N) is 1. The zero-order valence-corrected chi connectivity index (χ0v) is 16.3. The van der Waals surface area contributed by atoms with Gasteiger partial charge in [-0.1, -0.05) is 34.1 Å². The number of anilines is 1. The molecule has 132 valence electrons. The first-order chi connectivity index (χ1) is 12.5. The van der Waals surface area contributed by atoms with Gasteiger partial charge in [-0.3, -0.25) is 19.8 Å². The van der Waals surface area contributed by atoms with Crippen LogP contribution in [0.2, 0.25) is 0 Å². The Hall–Kier alpha value is -2.51. The molecule has 0 radical (unpaired) electrons. The molecular weight excluding hydrogens is 416 g/mol. The average Bonchev–Trinajstić information content (AvgIpc) is 2.61. The van der Waals surface area contributed by atoms with Gasteiger partial charge in [-0.2, -0.15) is 0 Å². The minimum absolute atomic E-state index is 0.0125. The highest BCUT2D eigenvalue weighted by Gasteiger charge is 2.34. The van der Waals surface area contributed by atoms with Crippen LogP contribution in [0.3, 0.4) is 0 Å². The lowest BCUT2D eigenvalue weighted by Gasteiger charge is -2.29. The smallest absolute Gasteiger partial charge is 0.270 e. The molecule has 1 N–H and O–H groups in total. The number of nitrogens with one attached hydrogen (secondary N) is 1. The number of hydrogen-bond acceptors (Lipinski definition) is 4. The summed E-state index contributed by atoms with van der Waals surface area (Å²) in [5.74, 6) is -0.426. The molecule has 0 aromatic heterocycles. The van der Waals surface area contributed by atoms with E-state index in [0.29, 0.717) is 23.6 Å². The van der Waals surface area contributed by atoms with Gasteiger partial charge in [0.05, 0.1) is 12.3 Å². The molecular formula is C19H15BrN2O3S. The Morgan fingerprint density at radius 1 is 1.19 bits per heavy atom. The lowest BCUT2D eigenvalue weighted by Crippen LogP contribution is -2.54. The highest BCUT2D eigenvalue weighted by molar-refractivity contribution is 9.10. The third kappa shape index (κ3) is 3.68. The van der Waals surface area contributed by atoms with Crippen LogP contribution in [-0.4, -0.2) is 23.5 Å². The second kappa shape index (κ2) is 7.80.